The lowest BCUT2D eigenvalue weighted by molar-refractivity contribution is -0.126. The normalized spacial score (nSPS) is 15.2. The van der Waals surface area contributed by atoms with Gasteiger partial charge in [-0.15, -0.1) is 0 Å². The molecule has 6 nitrogen and oxygen atoms in total. The van der Waals surface area contributed by atoms with Crippen LogP contribution < -0.4 is 10.1 Å². The molecule has 32 heavy (non-hydrogen) atoms. The zero-order valence-electron chi connectivity index (χ0n) is 17.8. The summed E-state index contributed by atoms with van der Waals surface area (Å²) in [6.07, 6.45) is 6.71. The van der Waals surface area contributed by atoms with Crippen molar-refractivity contribution in [3.8, 4) is 11.5 Å². The van der Waals surface area contributed by atoms with Crippen LogP contribution in [-0.4, -0.2) is 40.6 Å². The number of ether oxygens (including phenoxy) is 1. The van der Waals surface area contributed by atoms with E-state index in [-0.39, 0.29) is 11.9 Å². The van der Waals surface area contributed by atoms with E-state index < -0.39 is 0 Å². The maximum absolute atomic E-state index is 12.1. The largest absolute Gasteiger partial charge is 0.457 e. The highest BCUT2D eigenvalue weighted by molar-refractivity contribution is 6.13. The minimum atomic E-state index is -0.0326. The number of pyridine rings is 1. The van der Waals surface area contributed by atoms with Crippen LogP contribution >= 0.6 is 0 Å². The van der Waals surface area contributed by atoms with Crippen LogP contribution in [0.15, 0.2) is 85.7 Å². The Hall–Kier alpha value is -3.93. The average molecular weight is 427 g/mol. The van der Waals surface area contributed by atoms with Gasteiger partial charge in [0.1, 0.15) is 11.5 Å². The lowest BCUT2D eigenvalue weighted by Gasteiger charge is -2.24. The first kappa shape index (κ1) is 21.3. The molecule has 1 fully saturated rings. The Morgan fingerprint density at radius 3 is 2.66 bits per heavy atom. The van der Waals surface area contributed by atoms with Gasteiger partial charge in [0.15, 0.2) is 0 Å². The van der Waals surface area contributed by atoms with Crippen molar-refractivity contribution in [1.29, 1.82) is 5.41 Å². The quantitative estimate of drug-likeness (QED) is 0.398. The summed E-state index contributed by atoms with van der Waals surface area (Å²) < 4.78 is 5.84. The summed E-state index contributed by atoms with van der Waals surface area (Å²) in [6.45, 7) is 4.98. The first-order valence-electron chi connectivity index (χ1n) is 10.7. The summed E-state index contributed by atoms with van der Waals surface area (Å²) in [4.78, 5) is 18.1. The van der Waals surface area contributed by atoms with Crippen LogP contribution in [0.2, 0.25) is 0 Å². The summed E-state index contributed by atoms with van der Waals surface area (Å²) in [5, 5.41) is 12.2. The molecule has 1 saturated heterocycles. The molecule has 0 bridgehead atoms. The monoisotopic (exact) mass is 426 g/mol. The maximum atomic E-state index is 12.1. The Morgan fingerprint density at radius 1 is 1.16 bits per heavy atom. The van der Waals surface area contributed by atoms with E-state index in [0.29, 0.717) is 23.6 Å². The summed E-state index contributed by atoms with van der Waals surface area (Å²) in [6, 6.07) is 19.0. The molecule has 1 amide bonds. The van der Waals surface area contributed by atoms with E-state index >= 15 is 0 Å². The van der Waals surface area contributed by atoms with Crippen molar-refractivity contribution < 1.29 is 9.53 Å². The summed E-state index contributed by atoms with van der Waals surface area (Å²) in [5.74, 6) is 1.45. The van der Waals surface area contributed by atoms with Crippen molar-refractivity contribution >= 4 is 17.3 Å². The van der Waals surface area contributed by atoms with Crippen LogP contribution in [0, 0.1) is 5.41 Å². The third kappa shape index (κ3) is 4.86. The number of likely N-dealkylation sites (tertiary alicyclic amines) is 1. The van der Waals surface area contributed by atoms with Gasteiger partial charge in [-0.05, 0) is 61.4 Å². The molecular formula is C26H26N4O2. The van der Waals surface area contributed by atoms with Gasteiger partial charge in [-0.1, -0.05) is 24.8 Å². The minimum Gasteiger partial charge on any atom is -0.457 e. The maximum Gasteiger partial charge on any atom is 0.246 e. The molecule has 0 saturated carbocycles. The van der Waals surface area contributed by atoms with E-state index in [9.17, 15) is 4.79 Å². The standard InChI is InChI=1S/C26H26N4O2/c1-2-25(31)30-16-6-7-20(30)17-29-24-14-15-28-18-23(24)26(27)19-10-12-22(13-11-19)32-21-8-4-3-5-9-21/h2-5,8-15,18,20,27H,1,6-7,16-17H2,(H,28,29)/t20-/m1/s1. The zero-order chi connectivity index (χ0) is 22.3. The number of rotatable bonds is 8. The number of nitrogens with one attached hydrogen (secondary N) is 2. The lowest BCUT2D eigenvalue weighted by Crippen LogP contribution is -2.38. The van der Waals surface area contributed by atoms with Gasteiger partial charge in [-0.2, -0.15) is 0 Å². The predicted molar refractivity (Wildman–Crippen MR) is 127 cm³/mol. The van der Waals surface area contributed by atoms with Crippen LogP contribution in [0.1, 0.15) is 24.0 Å². The zero-order valence-corrected chi connectivity index (χ0v) is 17.8. The highest BCUT2D eigenvalue weighted by atomic mass is 16.5. The number of hydrogen-bond acceptors (Lipinski definition) is 5. The fourth-order valence-electron chi connectivity index (χ4n) is 3.90. The Balaban J connectivity index is 1.45. The molecule has 2 aromatic carbocycles. The number of anilines is 1. The molecule has 4 rings (SSSR count). The first-order valence-corrected chi connectivity index (χ1v) is 10.7. The highest BCUT2D eigenvalue weighted by Crippen LogP contribution is 2.24. The molecule has 0 aliphatic carbocycles. The van der Waals surface area contributed by atoms with Crippen molar-refractivity contribution in [2.24, 2.45) is 0 Å². The Morgan fingerprint density at radius 2 is 1.91 bits per heavy atom. The summed E-state index contributed by atoms with van der Waals surface area (Å²) in [7, 11) is 0. The van der Waals surface area contributed by atoms with Crippen molar-refractivity contribution in [2.45, 2.75) is 18.9 Å². The second kappa shape index (κ2) is 9.92. The first-order chi connectivity index (χ1) is 15.7. The van der Waals surface area contributed by atoms with Crippen molar-refractivity contribution in [3.05, 3.63) is 96.8 Å². The fourth-order valence-corrected chi connectivity index (χ4v) is 3.90. The van der Waals surface area contributed by atoms with Crippen LogP contribution in [0.5, 0.6) is 11.5 Å². The number of carbonyl (C=O) groups is 1. The van der Waals surface area contributed by atoms with E-state index in [1.807, 2.05) is 65.6 Å². The number of carbonyl (C=O) groups excluding carboxylic acids is 1. The topological polar surface area (TPSA) is 78.3 Å². The molecule has 0 unspecified atom stereocenters. The van der Waals surface area contributed by atoms with Gasteiger partial charge < -0.3 is 15.0 Å². The van der Waals surface area contributed by atoms with Crippen LogP contribution in [-0.2, 0) is 4.79 Å². The van der Waals surface area contributed by atoms with Gasteiger partial charge in [0.25, 0.3) is 0 Å². The van der Waals surface area contributed by atoms with Crippen LogP contribution in [0.25, 0.3) is 0 Å². The molecule has 162 valence electrons. The molecule has 1 aliphatic rings. The Kier molecular flexibility index (Phi) is 6.60. The number of nitrogens with zero attached hydrogens (tertiary/aromatic N) is 2. The molecule has 6 heteroatoms. The summed E-state index contributed by atoms with van der Waals surface area (Å²) >= 11 is 0. The minimum absolute atomic E-state index is 0.0326. The second-order valence-corrected chi connectivity index (χ2v) is 7.65. The summed E-state index contributed by atoms with van der Waals surface area (Å²) in [5.41, 5.74) is 2.68. The number of benzene rings is 2. The molecule has 0 radical (unpaired) electrons. The Bertz CT molecular complexity index is 1100. The van der Waals surface area contributed by atoms with Gasteiger partial charge in [0.2, 0.25) is 5.91 Å². The van der Waals surface area contributed by atoms with Crippen molar-refractivity contribution in [1.82, 2.24) is 9.88 Å². The number of amides is 1. The van der Waals surface area contributed by atoms with Crippen LogP contribution in [0.4, 0.5) is 5.69 Å². The molecule has 2 heterocycles. The number of aromatic nitrogens is 1. The molecule has 1 atom stereocenters. The lowest BCUT2D eigenvalue weighted by atomic mass is 10.0. The SMILES string of the molecule is C=CC(=O)N1CCC[C@@H]1CNc1ccncc1C(=N)c1ccc(Oc2ccccc2)cc1. The van der Waals surface area contributed by atoms with E-state index in [1.165, 1.54) is 6.08 Å². The van der Waals surface area contributed by atoms with Gasteiger partial charge in [0, 0.05) is 48.3 Å². The van der Waals surface area contributed by atoms with Gasteiger partial charge in [-0.3, -0.25) is 15.2 Å². The highest BCUT2D eigenvalue weighted by Gasteiger charge is 2.27. The molecule has 3 aromatic rings. The third-order valence-corrected chi connectivity index (χ3v) is 5.58. The molecule has 1 aromatic heterocycles. The van der Waals surface area contributed by atoms with E-state index in [2.05, 4.69) is 16.9 Å². The van der Waals surface area contributed by atoms with Gasteiger partial charge in [-0.25, -0.2) is 0 Å². The molecule has 0 spiro atoms. The van der Waals surface area contributed by atoms with Crippen molar-refractivity contribution in [3.63, 3.8) is 0 Å². The third-order valence-electron chi connectivity index (χ3n) is 5.58. The molecule has 2 N–H and O–H groups in total. The van der Waals surface area contributed by atoms with Gasteiger partial charge >= 0.3 is 0 Å². The van der Waals surface area contributed by atoms with Crippen LogP contribution in [0.3, 0.4) is 0 Å². The molecule has 1 aliphatic heterocycles. The molecular weight excluding hydrogens is 400 g/mol. The Labute approximate surface area is 188 Å². The van der Waals surface area contributed by atoms with Gasteiger partial charge in [0.05, 0.1) is 5.71 Å². The number of para-hydroxylation sites is 1. The number of hydrogen-bond donors (Lipinski definition) is 2. The fraction of sp³-hybridized carbons (Fsp3) is 0.192. The smallest absolute Gasteiger partial charge is 0.246 e. The van der Waals surface area contributed by atoms with E-state index in [4.69, 9.17) is 10.1 Å². The van der Waals surface area contributed by atoms with E-state index in [1.54, 1.807) is 12.4 Å². The van der Waals surface area contributed by atoms with Crippen molar-refractivity contribution in [2.75, 3.05) is 18.4 Å². The second-order valence-electron chi connectivity index (χ2n) is 7.65. The average Bonchev–Trinajstić information content (AvgIpc) is 3.32. The predicted octanol–water partition coefficient (Wildman–Crippen LogP) is 4.88. The van der Waals surface area contributed by atoms with E-state index in [0.717, 1.165) is 36.4 Å².